The third kappa shape index (κ3) is 3.19. The molecule has 1 aromatic carbocycles. The molecule has 1 heterocycles. The van der Waals surface area contributed by atoms with E-state index in [1.54, 1.807) is 12.1 Å². The lowest BCUT2D eigenvalue weighted by molar-refractivity contribution is 0.147. The Hall–Kier alpha value is -1.16. The fourth-order valence-corrected chi connectivity index (χ4v) is 2.50. The minimum Gasteiger partial charge on any atom is -0.496 e. The largest absolute Gasteiger partial charge is 0.496 e. The van der Waals surface area contributed by atoms with Crippen LogP contribution in [0.3, 0.4) is 0 Å². The third-order valence-corrected chi connectivity index (χ3v) is 3.51. The molecule has 0 aliphatic carbocycles. The van der Waals surface area contributed by atoms with Crippen molar-refractivity contribution in [2.75, 3.05) is 20.2 Å². The standard InChI is InChI=1S/C14H19F2NO/c1-18-13-3-2-11(9-12(13)14(15)16)8-10-4-6-17-7-5-10/h2-3,9-10,14,17H,4-8H2,1H3. The van der Waals surface area contributed by atoms with Gasteiger partial charge in [-0.3, -0.25) is 0 Å². The lowest BCUT2D eigenvalue weighted by atomic mass is 9.90. The van der Waals surface area contributed by atoms with Crippen molar-refractivity contribution in [1.82, 2.24) is 5.32 Å². The van der Waals surface area contributed by atoms with Gasteiger partial charge in [-0.15, -0.1) is 0 Å². The molecule has 1 N–H and O–H groups in total. The number of halogens is 2. The monoisotopic (exact) mass is 255 g/mol. The Bertz CT molecular complexity index is 389. The molecule has 1 aliphatic heterocycles. The summed E-state index contributed by atoms with van der Waals surface area (Å²) in [4.78, 5) is 0. The van der Waals surface area contributed by atoms with Crippen LogP contribution >= 0.6 is 0 Å². The van der Waals surface area contributed by atoms with E-state index in [9.17, 15) is 8.78 Å². The second-order valence-corrected chi connectivity index (χ2v) is 4.77. The molecule has 0 unspecified atom stereocenters. The van der Waals surface area contributed by atoms with Crippen LogP contribution in [0.4, 0.5) is 8.78 Å². The van der Waals surface area contributed by atoms with Gasteiger partial charge >= 0.3 is 0 Å². The molecule has 0 saturated carbocycles. The molecule has 0 bridgehead atoms. The highest BCUT2D eigenvalue weighted by Gasteiger charge is 2.17. The Morgan fingerprint density at radius 1 is 1.33 bits per heavy atom. The van der Waals surface area contributed by atoms with Crippen LogP contribution in [0.5, 0.6) is 5.75 Å². The first-order chi connectivity index (χ1) is 8.70. The molecule has 0 spiro atoms. The molecular formula is C14H19F2NO. The van der Waals surface area contributed by atoms with Gasteiger partial charge in [0.05, 0.1) is 12.7 Å². The predicted octanol–water partition coefficient (Wildman–Crippen LogP) is 3.17. The number of piperidine rings is 1. The molecule has 1 fully saturated rings. The van der Waals surface area contributed by atoms with E-state index in [0.29, 0.717) is 5.92 Å². The Labute approximate surface area is 106 Å². The van der Waals surface area contributed by atoms with Crippen molar-refractivity contribution in [2.24, 2.45) is 5.92 Å². The van der Waals surface area contributed by atoms with Gasteiger partial charge in [0.15, 0.2) is 0 Å². The third-order valence-electron chi connectivity index (χ3n) is 3.51. The molecule has 0 aromatic heterocycles. The maximum Gasteiger partial charge on any atom is 0.267 e. The van der Waals surface area contributed by atoms with Crippen LogP contribution in [0, 0.1) is 5.92 Å². The van der Waals surface area contributed by atoms with Crippen molar-refractivity contribution < 1.29 is 13.5 Å². The molecule has 0 amide bonds. The van der Waals surface area contributed by atoms with E-state index in [0.717, 1.165) is 37.9 Å². The zero-order chi connectivity index (χ0) is 13.0. The van der Waals surface area contributed by atoms with E-state index in [4.69, 9.17) is 4.74 Å². The topological polar surface area (TPSA) is 21.3 Å². The van der Waals surface area contributed by atoms with Crippen molar-refractivity contribution in [3.8, 4) is 5.75 Å². The van der Waals surface area contributed by atoms with Crippen molar-refractivity contribution >= 4 is 0 Å². The molecule has 2 rings (SSSR count). The summed E-state index contributed by atoms with van der Waals surface area (Å²) in [5.74, 6) is 0.879. The number of alkyl halides is 2. The van der Waals surface area contributed by atoms with E-state index in [-0.39, 0.29) is 11.3 Å². The molecule has 1 aliphatic rings. The van der Waals surface area contributed by atoms with Crippen LogP contribution < -0.4 is 10.1 Å². The Morgan fingerprint density at radius 2 is 2.06 bits per heavy atom. The van der Waals surface area contributed by atoms with Crippen LogP contribution in [0.1, 0.15) is 30.4 Å². The number of hydrogen-bond acceptors (Lipinski definition) is 2. The summed E-state index contributed by atoms with van der Waals surface area (Å²) in [5, 5.41) is 3.31. The van der Waals surface area contributed by atoms with Crippen LogP contribution in [0.15, 0.2) is 18.2 Å². The van der Waals surface area contributed by atoms with Crippen molar-refractivity contribution in [3.05, 3.63) is 29.3 Å². The van der Waals surface area contributed by atoms with Gasteiger partial charge in [-0.25, -0.2) is 8.78 Å². The molecule has 0 atom stereocenters. The molecular weight excluding hydrogens is 236 g/mol. The van der Waals surface area contributed by atoms with Crippen LogP contribution in [-0.4, -0.2) is 20.2 Å². The number of ether oxygens (including phenoxy) is 1. The van der Waals surface area contributed by atoms with E-state index >= 15 is 0 Å². The molecule has 1 aromatic rings. The summed E-state index contributed by atoms with van der Waals surface area (Å²) in [6, 6.07) is 5.14. The first kappa shape index (κ1) is 13.3. The number of rotatable bonds is 4. The highest BCUT2D eigenvalue weighted by Crippen LogP contribution is 2.31. The second kappa shape index (κ2) is 6.14. The molecule has 18 heavy (non-hydrogen) atoms. The normalized spacial score (nSPS) is 17.1. The lowest BCUT2D eigenvalue weighted by Crippen LogP contribution is -2.28. The van der Waals surface area contributed by atoms with Crippen molar-refractivity contribution in [3.63, 3.8) is 0 Å². The number of nitrogens with one attached hydrogen (secondary N) is 1. The first-order valence-electron chi connectivity index (χ1n) is 6.36. The SMILES string of the molecule is COc1ccc(CC2CCNCC2)cc1C(F)F. The summed E-state index contributed by atoms with van der Waals surface area (Å²) in [6.07, 6.45) is 0.644. The van der Waals surface area contributed by atoms with Crippen LogP contribution in [0.2, 0.25) is 0 Å². The summed E-state index contributed by atoms with van der Waals surface area (Å²) in [5.41, 5.74) is 0.988. The Kier molecular flexibility index (Phi) is 4.53. The molecule has 4 heteroatoms. The van der Waals surface area contributed by atoms with E-state index < -0.39 is 6.43 Å². The molecule has 100 valence electrons. The predicted molar refractivity (Wildman–Crippen MR) is 67.2 cm³/mol. The van der Waals surface area contributed by atoms with Crippen molar-refractivity contribution in [2.45, 2.75) is 25.7 Å². The van der Waals surface area contributed by atoms with Gasteiger partial charge in [-0.2, -0.15) is 0 Å². The fraction of sp³-hybridized carbons (Fsp3) is 0.571. The highest BCUT2D eigenvalue weighted by atomic mass is 19.3. The van der Waals surface area contributed by atoms with Gasteiger partial charge in [0.25, 0.3) is 6.43 Å². The van der Waals surface area contributed by atoms with Crippen LogP contribution in [-0.2, 0) is 6.42 Å². The van der Waals surface area contributed by atoms with Gasteiger partial charge in [-0.05, 0) is 56.0 Å². The van der Waals surface area contributed by atoms with Gasteiger partial charge in [-0.1, -0.05) is 6.07 Å². The summed E-state index contributed by atoms with van der Waals surface area (Å²) >= 11 is 0. The smallest absolute Gasteiger partial charge is 0.267 e. The zero-order valence-electron chi connectivity index (χ0n) is 10.6. The summed E-state index contributed by atoms with van der Waals surface area (Å²) < 4.78 is 30.7. The lowest BCUT2D eigenvalue weighted by Gasteiger charge is -2.23. The van der Waals surface area contributed by atoms with Gasteiger partial charge < -0.3 is 10.1 Å². The summed E-state index contributed by atoms with van der Waals surface area (Å²) in [6.45, 7) is 2.06. The first-order valence-corrected chi connectivity index (χ1v) is 6.36. The number of hydrogen-bond donors (Lipinski definition) is 1. The Morgan fingerprint density at radius 3 is 2.67 bits per heavy atom. The minimum absolute atomic E-state index is 0.00364. The van der Waals surface area contributed by atoms with E-state index in [1.807, 2.05) is 6.07 Å². The van der Waals surface area contributed by atoms with Crippen LogP contribution in [0.25, 0.3) is 0 Å². The maximum absolute atomic E-state index is 12.9. The highest BCUT2D eigenvalue weighted by molar-refractivity contribution is 5.38. The minimum atomic E-state index is -2.48. The van der Waals surface area contributed by atoms with Gasteiger partial charge in [0.1, 0.15) is 5.75 Å². The average Bonchev–Trinajstić information content (AvgIpc) is 2.40. The number of benzene rings is 1. The molecule has 1 saturated heterocycles. The van der Waals surface area contributed by atoms with E-state index in [1.165, 1.54) is 7.11 Å². The molecule has 0 radical (unpaired) electrons. The van der Waals surface area contributed by atoms with Gasteiger partial charge in [0.2, 0.25) is 0 Å². The molecule has 2 nitrogen and oxygen atoms in total. The van der Waals surface area contributed by atoms with E-state index in [2.05, 4.69) is 5.32 Å². The Balaban J connectivity index is 2.10. The zero-order valence-corrected chi connectivity index (χ0v) is 10.6. The van der Waals surface area contributed by atoms with Gasteiger partial charge in [0, 0.05) is 0 Å². The fourth-order valence-electron chi connectivity index (χ4n) is 2.50. The number of methoxy groups -OCH3 is 1. The average molecular weight is 255 g/mol. The maximum atomic E-state index is 12.9. The second-order valence-electron chi connectivity index (χ2n) is 4.77. The van der Waals surface area contributed by atoms with Crippen molar-refractivity contribution in [1.29, 1.82) is 0 Å². The quantitative estimate of drug-likeness (QED) is 0.892. The summed E-state index contributed by atoms with van der Waals surface area (Å²) in [7, 11) is 1.42.